The largest absolute Gasteiger partial charge is 0.308 e. The van der Waals surface area contributed by atoms with Gasteiger partial charge in [0, 0.05) is 6.21 Å². The van der Waals surface area contributed by atoms with Crippen LogP contribution in [0.1, 0.15) is 6.92 Å². The summed E-state index contributed by atoms with van der Waals surface area (Å²) >= 11 is 0. The molecule has 0 heterocycles. The van der Waals surface area contributed by atoms with Crippen molar-refractivity contribution in [2.75, 3.05) is 0 Å². The Morgan fingerprint density at radius 3 is 2.43 bits per heavy atom. The van der Waals surface area contributed by atoms with Crippen LogP contribution >= 0.6 is 0 Å². The summed E-state index contributed by atoms with van der Waals surface area (Å²) in [6.07, 6.45) is 4.75. The van der Waals surface area contributed by atoms with E-state index in [4.69, 9.17) is 5.41 Å². The van der Waals surface area contributed by atoms with Crippen molar-refractivity contribution in [3.63, 3.8) is 0 Å². The number of allylic oxidation sites excluding steroid dienone is 3. The second kappa shape index (κ2) is 3.34. The van der Waals surface area contributed by atoms with Gasteiger partial charge in [-0.3, -0.25) is 0 Å². The summed E-state index contributed by atoms with van der Waals surface area (Å²) in [5.41, 5.74) is 0.926. The van der Waals surface area contributed by atoms with Gasteiger partial charge in [0.1, 0.15) is 0 Å². The molecule has 0 aromatic carbocycles. The summed E-state index contributed by atoms with van der Waals surface area (Å²) in [7, 11) is 0. The number of hydrogen-bond acceptors (Lipinski definition) is 1. The third-order valence-corrected chi connectivity index (χ3v) is 0.608. The lowest BCUT2D eigenvalue weighted by Crippen LogP contribution is -1.69. The minimum absolute atomic E-state index is 0.926. The molecule has 0 aromatic heterocycles. The van der Waals surface area contributed by atoms with E-state index in [9.17, 15) is 0 Å². The maximum Gasteiger partial charge on any atom is 0.0207 e. The van der Waals surface area contributed by atoms with Crippen LogP contribution in [0.3, 0.4) is 0 Å². The molecular formula is C6H9N. The van der Waals surface area contributed by atoms with Gasteiger partial charge in [-0.1, -0.05) is 18.7 Å². The highest BCUT2D eigenvalue weighted by molar-refractivity contribution is 5.75. The van der Waals surface area contributed by atoms with Crippen LogP contribution < -0.4 is 0 Å². The molecule has 0 unspecified atom stereocenters. The predicted octanol–water partition coefficient (Wildman–Crippen LogP) is 1.77. The van der Waals surface area contributed by atoms with Crippen LogP contribution in [0.2, 0.25) is 0 Å². The van der Waals surface area contributed by atoms with Gasteiger partial charge in [-0.15, -0.1) is 0 Å². The Morgan fingerprint density at radius 2 is 2.29 bits per heavy atom. The van der Waals surface area contributed by atoms with Crippen LogP contribution in [0.25, 0.3) is 0 Å². The molecule has 38 valence electrons. The first kappa shape index (κ1) is 6.15. The van der Waals surface area contributed by atoms with Crippen LogP contribution in [0.4, 0.5) is 0 Å². The molecule has 0 fully saturated rings. The molecule has 0 radical (unpaired) electrons. The van der Waals surface area contributed by atoms with Gasteiger partial charge in [0.15, 0.2) is 0 Å². The Morgan fingerprint density at radius 1 is 1.71 bits per heavy atom. The predicted molar refractivity (Wildman–Crippen MR) is 32.7 cm³/mol. The van der Waals surface area contributed by atoms with Crippen molar-refractivity contribution in [3.05, 3.63) is 24.3 Å². The fourth-order valence-electron chi connectivity index (χ4n) is 0.234. The normalized spacial score (nSPS) is 10.7. The highest BCUT2D eigenvalue weighted by atomic mass is 14.3. The van der Waals surface area contributed by atoms with E-state index in [1.165, 1.54) is 6.21 Å². The summed E-state index contributed by atoms with van der Waals surface area (Å²) in [5, 5.41) is 6.67. The zero-order chi connectivity index (χ0) is 5.70. The van der Waals surface area contributed by atoms with Gasteiger partial charge in [0.2, 0.25) is 0 Å². The van der Waals surface area contributed by atoms with E-state index in [0.29, 0.717) is 0 Å². The molecule has 1 heteroatoms. The summed E-state index contributed by atoms with van der Waals surface area (Å²) < 4.78 is 0. The lowest BCUT2D eigenvalue weighted by Gasteiger charge is -1.78. The number of nitrogens with one attached hydrogen (secondary N) is 1. The zero-order valence-corrected chi connectivity index (χ0v) is 4.44. The van der Waals surface area contributed by atoms with Gasteiger partial charge < -0.3 is 5.41 Å². The van der Waals surface area contributed by atoms with Crippen molar-refractivity contribution in [2.24, 2.45) is 0 Å². The molecule has 0 spiro atoms. The van der Waals surface area contributed by atoms with Gasteiger partial charge in [0.05, 0.1) is 0 Å². The molecule has 0 rings (SSSR count). The molecule has 0 aliphatic rings. The Kier molecular flexibility index (Phi) is 2.94. The lowest BCUT2D eigenvalue weighted by atomic mass is 10.3. The third kappa shape index (κ3) is 2.97. The summed E-state index contributed by atoms with van der Waals surface area (Å²) in [4.78, 5) is 0. The molecule has 0 atom stereocenters. The van der Waals surface area contributed by atoms with Crippen LogP contribution in [0.15, 0.2) is 24.3 Å². The van der Waals surface area contributed by atoms with Crippen molar-refractivity contribution in [1.29, 1.82) is 5.41 Å². The Labute approximate surface area is 43.9 Å². The average molecular weight is 95.1 g/mol. The zero-order valence-electron chi connectivity index (χ0n) is 4.44. The molecule has 0 aliphatic carbocycles. The molecule has 1 N–H and O–H groups in total. The first-order chi connectivity index (χ1) is 3.31. The minimum Gasteiger partial charge on any atom is -0.308 e. The van der Waals surface area contributed by atoms with Crippen molar-refractivity contribution >= 4 is 6.21 Å². The van der Waals surface area contributed by atoms with Gasteiger partial charge in [-0.05, 0) is 12.5 Å². The molecular weight excluding hydrogens is 86.1 g/mol. The number of rotatable bonds is 2. The van der Waals surface area contributed by atoms with E-state index in [-0.39, 0.29) is 0 Å². The van der Waals surface area contributed by atoms with Gasteiger partial charge in [-0.2, -0.15) is 0 Å². The van der Waals surface area contributed by atoms with Crippen molar-refractivity contribution in [1.82, 2.24) is 0 Å². The lowest BCUT2D eigenvalue weighted by molar-refractivity contribution is 1.51. The summed E-state index contributed by atoms with van der Waals surface area (Å²) in [6, 6.07) is 0. The fraction of sp³-hybridized carbons (Fsp3) is 0.167. The number of hydrogen-bond donors (Lipinski definition) is 1. The first-order valence-corrected chi connectivity index (χ1v) is 2.11. The van der Waals surface area contributed by atoms with E-state index < -0.39 is 0 Å². The van der Waals surface area contributed by atoms with Gasteiger partial charge >= 0.3 is 0 Å². The minimum atomic E-state index is 0.926. The first-order valence-electron chi connectivity index (χ1n) is 2.11. The van der Waals surface area contributed by atoms with Gasteiger partial charge in [-0.25, -0.2) is 0 Å². The summed E-state index contributed by atoms with van der Waals surface area (Å²) in [6.45, 7) is 5.32. The highest BCUT2D eigenvalue weighted by Crippen LogP contribution is 1.83. The molecule has 0 saturated heterocycles. The fourth-order valence-corrected chi connectivity index (χ4v) is 0.234. The molecule has 7 heavy (non-hydrogen) atoms. The molecule has 0 amide bonds. The topological polar surface area (TPSA) is 23.9 Å². The Bertz CT molecular complexity index is 101. The second-order valence-electron chi connectivity index (χ2n) is 1.29. The molecule has 0 aromatic rings. The third-order valence-electron chi connectivity index (χ3n) is 0.608. The highest BCUT2D eigenvalue weighted by Gasteiger charge is 1.70. The van der Waals surface area contributed by atoms with Gasteiger partial charge in [0.25, 0.3) is 0 Å². The van der Waals surface area contributed by atoms with Crippen molar-refractivity contribution in [2.45, 2.75) is 6.92 Å². The van der Waals surface area contributed by atoms with Crippen LogP contribution in [-0.2, 0) is 0 Å². The second-order valence-corrected chi connectivity index (χ2v) is 1.29. The maximum absolute atomic E-state index is 6.67. The Hall–Kier alpha value is -0.850. The maximum atomic E-state index is 6.67. The van der Waals surface area contributed by atoms with Crippen molar-refractivity contribution in [3.8, 4) is 0 Å². The SMILES string of the molecule is C=CC=C(C)C=N. The molecule has 0 bridgehead atoms. The molecule has 1 nitrogen and oxygen atoms in total. The monoisotopic (exact) mass is 95.1 g/mol. The quantitative estimate of drug-likeness (QED) is 0.399. The van der Waals surface area contributed by atoms with Crippen LogP contribution in [0.5, 0.6) is 0 Å². The van der Waals surface area contributed by atoms with E-state index in [2.05, 4.69) is 6.58 Å². The Balaban J connectivity index is 3.72. The molecule has 0 aliphatic heterocycles. The van der Waals surface area contributed by atoms with Crippen LogP contribution in [-0.4, -0.2) is 6.21 Å². The van der Waals surface area contributed by atoms with E-state index in [0.717, 1.165) is 5.57 Å². The van der Waals surface area contributed by atoms with Crippen LogP contribution in [0, 0.1) is 5.41 Å². The average Bonchev–Trinajstić information content (AvgIpc) is 1.68. The standard InChI is InChI=1S/C6H9N/c1-3-4-6(2)5-7/h3-5,7H,1H2,2H3. The molecule has 0 saturated carbocycles. The van der Waals surface area contributed by atoms with E-state index in [1.807, 2.05) is 6.92 Å². The van der Waals surface area contributed by atoms with Crippen molar-refractivity contribution < 1.29 is 0 Å². The van der Waals surface area contributed by atoms with E-state index in [1.54, 1.807) is 12.2 Å². The van der Waals surface area contributed by atoms with E-state index >= 15 is 0 Å². The summed E-state index contributed by atoms with van der Waals surface area (Å²) in [5.74, 6) is 0. The smallest absolute Gasteiger partial charge is 0.0207 e.